The van der Waals surface area contributed by atoms with Gasteiger partial charge in [-0.3, -0.25) is 0 Å². The van der Waals surface area contributed by atoms with E-state index in [1.807, 2.05) is 19.1 Å². The predicted octanol–water partition coefficient (Wildman–Crippen LogP) is 3.94. The molecular weight excluding hydrogens is 407 g/mol. The molecule has 0 aliphatic rings. The van der Waals surface area contributed by atoms with Crippen LogP contribution in [0.3, 0.4) is 0 Å². The maximum atomic E-state index is 4.40. The molecule has 0 bridgehead atoms. The second kappa shape index (κ2) is 5.83. The summed E-state index contributed by atoms with van der Waals surface area (Å²) >= 11 is 5.80. The van der Waals surface area contributed by atoms with E-state index in [4.69, 9.17) is 0 Å². The second-order valence-corrected chi connectivity index (χ2v) is 5.82. The molecule has 0 aliphatic heterocycles. The van der Waals surface area contributed by atoms with Crippen molar-refractivity contribution in [1.82, 2.24) is 9.97 Å². The molecule has 2 rings (SSSR count). The third-order valence-corrected chi connectivity index (χ3v) is 3.74. The Bertz CT molecular complexity index is 574. The number of nitrogens with one attached hydrogen (secondary N) is 2. The molecule has 0 saturated carbocycles. The Morgan fingerprint density at radius 2 is 2.11 bits per heavy atom. The van der Waals surface area contributed by atoms with Crippen molar-refractivity contribution in [3.63, 3.8) is 0 Å². The molecule has 0 atom stereocenters. The molecule has 1 aromatic heterocycles. The highest BCUT2D eigenvalue weighted by molar-refractivity contribution is 14.1. The molecule has 18 heavy (non-hydrogen) atoms. The summed E-state index contributed by atoms with van der Waals surface area (Å²) in [6.45, 7) is 1.98. The number of aryl methyl sites for hydroxylation is 1. The summed E-state index contributed by atoms with van der Waals surface area (Å²) < 4.78 is 2.17. The highest BCUT2D eigenvalue weighted by Crippen LogP contribution is 2.28. The van der Waals surface area contributed by atoms with E-state index in [0.717, 1.165) is 21.5 Å². The fraction of sp³-hybridized carbons (Fsp3) is 0.167. The zero-order valence-corrected chi connectivity index (χ0v) is 13.7. The van der Waals surface area contributed by atoms with Gasteiger partial charge in [-0.2, -0.15) is 4.98 Å². The number of halogens is 2. The molecule has 2 N–H and O–H groups in total. The van der Waals surface area contributed by atoms with E-state index >= 15 is 0 Å². The van der Waals surface area contributed by atoms with Gasteiger partial charge in [-0.25, -0.2) is 4.98 Å². The van der Waals surface area contributed by atoms with Crippen molar-refractivity contribution in [2.24, 2.45) is 0 Å². The lowest BCUT2D eigenvalue weighted by atomic mass is 10.3. The maximum Gasteiger partial charge on any atom is 0.224 e. The largest absolute Gasteiger partial charge is 0.357 e. The SMILES string of the molecule is CNc1ncc(C)c(Nc2cc(I)ccc2Br)n1. The number of hydrogen-bond acceptors (Lipinski definition) is 4. The van der Waals surface area contributed by atoms with E-state index in [0.29, 0.717) is 5.95 Å². The summed E-state index contributed by atoms with van der Waals surface area (Å²) in [6, 6.07) is 6.12. The highest BCUT2D eigenvalue weighted by Gasteiger charge is 2.06. The average molecular weight is 419 g/mol. The molecule has 0 aliphatic carbocycles. The van der Waals surface area contributed by atoms with Gasteiger partial charge in [0.1, 0.15) is 5.82 Å². The Kier molecular flexibility index (Phi) is 4.39. The molecule has 0 radical (unpaired) electrons. The lowest BCUT2D eigenvalue weighted by Gasteiger charge is -2.11. The van der Waals surface area contributed by atoms with Crippen LogP contribution >= 0.6 is 38.5 Å². The number of rotatable bonds is 3. The number of benzene rings is 1. The van der Waals surface area contributed by atoms with E-state index < -0.39 is 0 Å². The first kappa shape index (κ1) is 13.5. The van der Waals surface area contributed by atoms with Crippen LogP contribution in [0.1, 0.15) is 5.56 Å². The highest BCUT2D eigenvalue weighted by atomic mass is 127. The molecule has 0 fully saturated rings. The first-order valence-electron chi connectivity index (χ1n) is 5.33. The Labute approximate surface area is 128 Å². The molecule has 94 valence electrons. The van der Waals surface area contributed by atoms with Crippen LogP contribution in [0.25, 0.3) is 0 Å². The summed E-state index contributed by atoms with van der Waals surface area (Å²) in [7, 11) is 1.80. The fourth-order valence-corrected chi connectivity index (χ4v) is 2.25. The van der Waals surface area contributed by atoms with Crippen LogP contribution in [0.15, 0.2) is 28.9 Å². The summed E-state index contributed by atoms with van der Waals surface area (Å²) in [6.07, 6.45) is 1.79. The number of nitrogens with zero attached hydrogens (tertiary/aromatic N) is 2. The van der Waals surface area contributed by atoms with E-state index in [1.54, 1.807) is 13.2 Å². The minimum atomic E-state index is 0.602. The summed E-state index contributed by atoms with van der Waals surface area (Å²) in [5, 5.41) is 6.24. The smallest absolute Gasteiger partial charge is 0.224 e. The maximum absolute atomic E-state index is 4.40. The minimum Gasteiger partial charge on any atom is -0.357 e. The van der Waals surface area contributed by atoms with E-state index in [-0.39, 0.29) is 0 Å². The molecule has 0 spiro atoms. The van der Waals surface area contributed by atoms with Crippen LogP contribution in [-0.2, 0) is 0 Å². The standard InChI is InChI=1S/C12H12BrIN4/c1-7-6-16-12(15-2)18-11(7)17-10-5-8(14)3-4-9(10)13/h3-6H,1-2H3,(H2,15,16,17,18). The Hall–Kier alpha value is -0.890. The fourth-order valence-electron chi connectivity index (χ4n) is 1.41. The molecule has 0 unspecified atom stereocenters. The molecule has 6 heteroatoms. The summed E-state index contributed by atoms with van der Waals surface area (Å²) in [5.41, 5.74) is 1.99. The monoisotopic (exact) mass is 418 g/mol. The van der Waals surface area contributed by atoms with Gasteiger partial charge in [-0.05, 0) is 63.6 Å². The van der Waals surface area contributed by atoms with Crippen molar-refractivity contribution in [3.05, 3.63) is 38.0 Å². The molecule has 0 saturated heterocycles. The number of hydrogen-bond donors (Lipinski definition) is 2. The summed E-state index contributed by atoms with van der Waals surface area (Å²) in [5.74, 6) is 1.40. The van der Waals surface area contributed by atoms with Gasteiger partial charge in [0.25, 0.3) is 0 Å². The quantitative estimate of drug-likeness (QED) is 0.741. The van der Waals surface area contributed by atoms with Crippen molar-refractivity contribution in [1.29, 1.82) is 0 Å². The second-order valence-electron chi connectivity index (χ2n) is 3.72. The van der Waals surface area contributed by atoms with Crippen LogP contribution in [0.5, 0.6) is 0 Å². The molecular formula is C12H12BrIN4. The molecule has 0 amide bonds. The van der Waals surface area contributed by atoms with Gasteiger partial charge in [-0.15, -0.1) is 0 Å². The van der Waals surface area contributed by atoms with Crippen LogP contribution in [0, 0.1) is 10.5 Å². The van der Waals surface area contributed by atoms with Crippen molar-refractivity contribution < 1.29 is 0 Å². The molecule has 1 heterocycles. The third-order valence-electron chi connectivity index (χ3n) is 2.38. The lowest BCUT2D eigenvalue weighted by molar-refractivity contribution is 1.12. The molecule has 2 aromatic rings. The topological polar surface area (TPSA) is 49.8 Å². The van der Waals surface area contributed by atoms with Crippen LogP contribution in [0.4, 0.5) is 17.5 Å². The van der Waals surface area contributed by atoms with Gasteiger partial charge >= 0.3 is 0 Å². The van der Waals surface area contributed by atoms with Gasteiger partial charge in [0.05, 0.1) is 5.69 Å². The van der Waals surface area contributed by atoms with E-state index in [9.17, 15) is 0 Å². The first-order chi connectivity index (χ1) is 8.60. The normalized spacial score (nSPS) is 10.2. The molecule has 1 aromatic carbocycles. The lowest BCUT2D eigenvalue weighted by Crippen LogP contribution is -2.02. The average Bonchev–Trinajstić information content (AvgIpc) is 2.36. The third kappa shape index (κ3) is 3.11. The zero-order valence-electron chi connectivity index (χ0n) is 9.96. The molecule has 4 nitrogen and oxygen atoms in total. The van der Waals surface area contributed by atoms with Crippen LogP contribution in [-0.4, -0.2) is 17.0 Å². The van der Waals surface area contributed by atoms with Crippen molar-refractivity contribution in [2.45, 2.75) is 6.92 Å². The van der Waals surface area contributed by atoms with E-state index in [2.05, 4.69) is 65.2 Å². The van der Waals surface area contributed by atoms with Gasteiger partial charge < -0.3 is 10.6 Å². The van der Waals surface area contributed by atoms with Gasteiger partial charge in [-0.1, -0.05) is 0 Å². The Morgan fingerprint density at radius 1 is 1.33 bits per heavy atom. The predicted molar refractivity (Wildman–Crippen MR) is 86.5 cm³/mol. The number of aromatic nitrogens is 2. The van der Waals surface area contributed by atoms with E-state index in [1.165, 1.54) is 3.57 Å². The van der Waals surface area contributed by atoms with Crippen LogP contribution in [0.2, 0.25) is 0 Å². The Morgan fingerprint density at radius 3 is 2.83 bits per heavy atom. The van der Waals surface area contributed by atoms with Crippen molar-refractivity contribution >= 4 is 56.0 Å². The number of anilines is 3. The summed E-state index contributed by atoms with van der Waals surface area (Å²) in [4.78, 5) is 8.56. The van der Waals surface area contributed by atoms with Crippen LogP contribution < -0.4 is 10.6 Å². The van der Waals surface area contributed by atoms with Crippen molar-refractivity contribution in [2.75, 3.05) is 17.7 Å². The first-order valence-corrected chi connectivity index (χ1v) is 7.21. The minimum absolute atomic E-state index is 0.602. The zero-order chi connectivity index (χ0) is 13.1. The Balaban J connectivity index is 2.36. The van der Waals surface area contributed by atoms with Crippen molar-refractivity contribution in [3.8, 4) is 0 Å². The van der Waals surface area contributed by atoms with Gasteiger partial charge in [0, 0.05) is 26.9 Å². The van der Waals surface area contributed by atoms with Gasteiger partial charge in [0.2, 0.25) is 5.95 Å². The van der Waals surface area contributed by atoms with Gasteiger partial charge in [0.15, 0.2) is 0 Å².